The highest BCUT2D eigenvalue weighted by atomic mass is 32.2. The van der Waals surface area contributed by atoms with E-state index in [-0.39, 0.29) is 40.2 Å². The van der Waals surface area contributed by atoms with Gasteiger partial charge in [0.2, 0.25) is 11.8 Å². The van der Waals surface area contributed by atoms with Crippen molar-refractivity contribution < 1.29 is 14.1 Å². The van der Waals surface area contributed by atoms with E-state index >= 15 is 0 Å². The van der Waals surface area contributed by atoms with Gasteiger partial charge in [-0.25, -0.2) is 10.4 Å². The zero-order valence-electron chi connectivity index (χ0n) is 18.2. The average Bonchev–Trinajstić information content (AvgIpc) is 3.27. The zero-order chi connectivity index (χ0) is 23.5. The third-order valence-corrected chi connectivity index (χ3v) is 7.68. The number of hydrazone groups is 1. The molecule has 2 atom stereocenters. The van der Waals surface area contributed by atoms with Crippen molar-refractivity contribution in [2.24, 2.45) is 15.8 Å². The van der Waals surface area contributed by atoms with E-state index in [0.29, 0.717) is 10.5 Å². The second-order valence-corrected chi connectivity index (χ2v) is 10.5. The molecule has 0 amide bonds. The lowest BCUT2D eigenvalue weighted by Gasteiger charge is -2.14. The maximum Gasteiger partial charge on any atom is 0.249 e. The summed E-state index contributed by atoms with van der Waals surface area (Å²) in [7, 11) is -2.33. The molecule has 2 aromatic rings. The molecule has 5 N–H and O–H groups in total. The SMILES string of the molecule is C=S(=O)(c1ccc(C(C)C=NC(=N)C(N)=C2NN=C(c3ccccc3O)O2)cc1)C(C)C. The first-order chi connectivity index (χ1) is 15.1. The standard InChI is InChI=1S/C23H27N5O3S/c1-14(2)32(4,30)17-11-9-16(10-12-17)15(3)13-26-21(25)20(24)23-28-27-22(31-23)18-7-5-6-8-19(18)29/h5-15,25,28-29H,4,24H2,1-3H3. The molecule has 0 aromatic heterocycles. The van der Waals surface area contributed by atoms with Gasteiger partial charge in [-0.3, -0.25) is 9.62 Å². The monoisotopic (exact) mass is 453 g/mol. The van der Waals surface area contributed by atoms with Gasteiger partial charge in [0.05, 0.1) is 5.56 Å². The van der Waals surface area contributed by atoms with Gasteiger partial charge in [-0.05, 0) is 45.2 Å². The van der Waals surface area contributed by atoms with Crippen molar-refractivity contribution >= 4 is 33.3 Å². The number of nitrogens with one attached hydrogen (secondary N) is 2. The van der Waals surface area contributed by atoms with Gasteiger partial charge in [0.25, 0.3) is 0 Å². The van der Waals surface area contributed by atoms with Gasteiger partial charge in [0.15, 0.2) is 5.84 Å². The molecule has 0 saturated heterocycles. The topological polar surface area (TPSA) is 133 Å². The first-order valence-corrected chi connectivity index (χ1v) is 11.8. The van der Waals surface area contributed by atoms with E-state index in [4.69, 9.17) is 15.9 Å². The Bertz CT molecular complexity index is 1210. The summed E-state index contributed by atoms with van der Waals surface area (Å²) in [6.45, 7) is 5.72. The van der Waals surface area contributed by atoms with Crippen LogP contribution in [0, 0.1) is 5.41 Å². The van der Waals surface area contributed by atoms with Crippen LogP contribution in [0.2, 0.25) is 0 Å². The van der Waals surface area contributed by atoms with Gasteiger partial charge < -0.3 is 15.6 Å². The maximum atomic E-state index is 12.7. The van der Waals surface area contributed by atoms with Gasteiger partial charge in [-0.2, -0.15) is 0 Å². The molecule has 9 heteroatoms. The lowest BCUT2D eigenvalue weighted by Crippen LogP contribution is -2.18. The molecule has 0 bridgehead atoms. The van der Waals surface area contributed by atoms with Gasteiger partial charge in [-0.15, -0.1) is 5.10 Å². The highest BCUT2D eigenvalue weighted by Crippen LogP contribution is 2.22. The summed E-state index contributed by atoms with van der Waals surface area (Å²) in [5, 5.41) is 22.0. The lowest BCUT2D eigenvalue weighted by molar-refractivity contribution is 0.407. The summed E-state index contributed by atoms with van der Waals surface area (Å²) in [4.78, 5) is 4.86. The summed E-state index contributed by atoms with van der Waals surface area (Å²) in [5.74, 6) is 3.82. The van der Waals surface area contributed by atoms with Crippen LogP contribution in [-0.2, 0) is 14.3 Å². The fourth-order valence-corrected chi connectivity index (χ4v) is 3.99. The van der Waals surface area contributed by atoms with Crippen LogP contribution in [0.15, 0.2) is 75.1 Å². The first-order valence-electron chi connectivity index (χ1n) is 10.00. The van der Waals surface area contributed by atoms with Crippen LogP contribution in [0.25, 0.3) is 0 Å². The van der Waals surface area contributed by atoms with Crippen LogP contribution < -0.4 is 11.2 Å². The minimum atomic E-state index is -2.33. The highest BCUT2D eigenvalue weighted by Gasteiger charge is 2.22. The van der Waals surface area contributed by atoms with Crippen LogP contribution in [-0.4, -0.2) is 38.4 Å². The molecule has 8 nitrogen and oxygen atoms in total. The fraction of sp³-hybridized carbons (Fsp3) is 0.217. The molecule has 1 aliphatic heterocycles. The van der Waals surface area contributed by atoms with Crippen molar-refractivity contribution in [3.63, 3.8) is 0 Å². The van der Waals surface area contributed by atoms with E-state index < -0.39 is 9.52 Å². The number of amidine groups is 1. The van der Waals surface area contributed by atoms with Crippen molar-refractivity contribution in [2.45, 2.75) is 36.8 Å². The maximum absolute atomic E-state index is 12.7. The lowest BCUT2D eigenvalue weighted by atomic mass is 10.0. The molecule has 3 rings (SSSR count). The zero-order valence-corrected chi connectivity index (χ0v) is 19.0. The summed E-state index contributed by atoms with van der Waals surface area (Å²) < 4.78 is 18.2. The third-order valence-electron chi connectivity index (χ3n) is 5.09. The normalized spacial score (nSPS) is 17.9. The van der Waals surface area contributed by atoms with E-state index in [1.54, 1.807) is 24.4 Å². The molecule has 0 aliphatic carbocycles. The van der Waals surface area contributed by atoms with Crippen LogP contribution in [0.3, 0.4) is 0 Å². The smallest absolute Gasteiger partial charge is 0.249 e. The summed E-state index contributed by atoms with van der Waals surface area (Å²) >= 11 is 0. The minimum absolute atomic E-state index is 0.0175. The molecule has 1 heterocycles. The highest BCUT2D eigenvalue weighted by molar-refractivity contribution is 8.00. The van der Waals surface area contributed by atoms with Crippen molar-refractivity contribution in [1.82, 2.24) is 5.43 Å². The van der Waals surface area contributed by atoms with E-state index in [9.17, 15) is 9.32 Å². The Kier molecular flexibility index (Phi) is 6.69. The van der Waals surface area contributed by atoms with E-state index in [1.807, 2.05) is 45.0 Å². The number of nitrogens with two attached hydrogens (primary N) is 1. The number of phenolic OH excluding ortho intramolecular Hbond substituents is 1. The molecule has 32 heavy (non-hydrogen) atoms. The Morgan fingerprint density at radius 1 is 1.25 bits per heavy atom. The van der Waals surface area contributed by atoms with Gasteiger partial charge >= 0.3 is 0 Å². The number of ether oxygens (including phenoxy) is 1. The van der Waals surface area contributed by atoms with E-state index in [0.717, 1.165) is 5.56 Å². The molecule has 2 unspecified atom stereocenters. The fourth-order valence-electron chi connectivity index (χ4n) is 2.85. The summed E-state index contributed by atoms with van der Waals surface area (Å²) in [5.41, 5.74) is 9.96. The first kappa shape index (κ1) is 23.1. The summed E-state index contributed by atoms with van der Waals surface area (Å²) in [6, 6.07) is 14.0. The van der Waals surface area contributed by atoms with Gasteiger partial charge in [-0.1, -0.05) is 45.0 Å². The molecule has 0 radical (unpaired) electrons. The number of aliphatic imine (C=N–C) groups is 1. The van der Waals surface area contributed by atoms with Crippen molar-refractivity contribution in [2.75, 3.05) is 0 Å². The number of phenols is 1. The minimum Gasteiger partial charge on any atom is -0.507 e. The Morgan fingerprint density at radius 3 is 2.53 bits per heavy atom. The quantitative estimate of drug-likeness (QED) is 0.303. The number of benzene rings is 2. The third kappa shape index (κ3) is 4.83. The van der Waals surface area contributed by atoms with E-state index in [1.165, 1.54) is 6.07 Å². The number of hydrogen-bond acceptors (Lipinski definition) is 7. The van der Waals surface area contributed by atoms with E-state index in [2.05, 4.69) is 21.4 Å². The van der Waals surface area contributed by atoms with Crippen LogP contribution in [0.1, 0.15) is 37.8 Å². The molecule has 0 saturated carbocycles. The average molecular weight is 454 g/mol. The number of para-hydroxylation sites is 1. The van der Waals surface area contributed by atoms with Gasteiger partial charge in [0, 0.05) is 22.3 Å². The molecule has 1 aliphatic rings. The second-order valence-electron chi connectivity index (χ2n) is 7.65. The molecular weight excluding hydrogens is 426 g/mol. The molecule has 2 aromatic carbocycles. The Morgan fingerprint density at radius 2 is 1.91 bits per heavy atom. The number of aromatic hydroxyl groups is 1. The Hall–Kier alpha value is -3.59. The molecular formula is C23H27N5O3S. The second kappa shape index (κ2) is 9.27. The van der Waals surface area contributed by atoms with Crippen molar-refractivity contribution in [3.05, 3.63) is 71.2 Å². The predicted molar refractivity (Wildman–Crippen MR) is 130 cm³/mol. The molecule has 0 fully saturated rings. The Labute approximate surface area is 188 Å². The summed E-state index contributed by atoms with van der Waals surface area (Å²) in [6.07, 6.45) is 1.61. The van der Waals surface area contributed by atoms with Crippen LogP contribution >= 0.6 is 0 Å². The van der Waals surface area contributed by atoms with Gasteiger partial charge in [0.1, 0.15) is 11.4 Å². The van der Waals surface area contributed by atoms with Crippen LogP contribution in [0.5, 0.6) is 5.75 Å². The number of hydrogen-bond donors (Lipinski definition) is 4. The Balaban J connectivity index is 1.68. The van der Waals surface area contributed by atoms with Crippen LogP contribution in [0.4, 0.5) is 0 Å². The molecule has 168 valence electrons. The van der Waals surface area contributed by atoms with Crippen molar-refractivity contribution in [1.29, 1.82) is 5.41 Å². The predicted octanol–water partition coefficient (Wildman–Crippen LogP) is 3.14. The largest absolute Gasteiger partial charge is 0.507 e. The molecule has 0 spiro atoms. The van der Waals surface area contributed by atoms with Crippen molar-refractivity contribution in [3.8, 4) is 5.75 Å². The number of nitrogens with zero attached hydrogens (tertiary/aromatic N) is 2. The number of rotatable bonds is 6.